The number of nitrogens with zero attached hydrogens (tertiary/aromatic N) is 3. The molecule has 1 atom stereocenters. The lowest BCUT2D eigenvalue weighted by atomic mass is 10.1. The van der Waals surface area contributed by atoms with Crippen molar-refractivity contribution < 1.29 is 14.0 Å². The molecule has 0 bridgehead atoms. The van der Waals surface area contributed by atoms with Gasteiger partial charge >= 0.3 is 0 Å². The van der Waals surface area contributed by atoms with Crippen molar-refractivity contribution in [2.75, 3.05) is 36.4 Å². The maximum atomic E-state index is 13.2. The van der Waals surface area contributed by atoms with Gasteiger partial charge in [0, 0.05) is 37.6 Å². The van der Waals surface area contributed by atoms with E-state index in [0.29, 0.717) is 37.8 Å². The number of rotatable bonds is 4. The monoisotopic (exact) mass is 423 g/mol. The minimum absolute atomic E-state index is 0.0257. The lowest BCUT2D eigenvalue weighted by Gasteiger charge is -2.38. The Labute approximate surface area is 180 Å². The zero-order valence-electron chi connectivity index (χ0n) is 17.5. The van der Waals surface area contributed by atoms with Crippen LogP contribution in [0.4, 0.5) is 15.8 Å². The molecule has 2 aliphatic heterocycles. The van der Waals surface area contributed by atoms with Crippen LogP contribution in [0, 0.1) is 5.82 Å². The molecule has 8 heteroatoms. The number of benzene rings is 2. The van der Waals surface area contributed by atoms with Crippen LogP contribution in [-0.4, -0.2) is 54.9 Å². The van der Waals surface area contributed by atoms with Crippen LogP contribution in [0.2, 0.25) is 0 Å². The summed E-state index contributed by atoms with van der Waals surface area (Å²) in [5, 5.41) is 5.66. The summed E-state index contributed by atoms with van der Waals surface area (Å²) < 4.78 is 13.2. The van der Waals surface area contributed by atoms with Gasteiger partial charge in [-0.1, -0.05) is 19.1 Å². The smallest absolute Gasteiger partial charge is 0.249 e. The summed E-state index contributed by atoms with van der Waals surface area (Å²) in [6.07, 6.45) is 0.955. The highest BCUT2D eigenvalue weighted by molar-refractivity contribution is 6.06. The summed E-state index contributed by atoms with van der Waals surface area (Å²) >= 11 is 0. The first-order valence-electron chi connectivity index (χ1n) is 10.5. The van der Waals surface area contributed by atoms with Crippen molar-refractivity contribution in [2.45, 2.75) is 25.8 Å². The molecule has 0 spiro atoms. The molecule has 0 aromatic heterocycles. The van der Waals surface area contributed by atoms with E-state index in [9.17, 15) is 14.0 Å². The van der Waals surface area contributed by atoms with Gasteiger partial charge in [0.1, 0.15) is 11.9 Å². The third-order valence-corrected chi connectivity index (χ3v) is 5.61. The average molecular weight is 423 g/mol. The van der Waals surface area contributed by atoms with E-state index < -0.39 is 6.04 Å². The van der Waals surface area contributed by atoms with E-state index >= 15 is 0 Å². The van der Waals surface area contributed by atoms with Crippen molar-refractivity contribution in [3.05, 3.63) is 59.9 Å². The Hall–Kier alpha value is -3.42. The van der Waals surface area contributed by atoms with E-state index in [-0.39, 0.29) is 24.1 Å². The summed E-state index contributed by atoms with van der Waals surface area (Å²) in [6, 6.07) is 13.3. The van der Waals surface area contributed by atoms with Crippen molar-refractivity contribution in [1.82, 2.24) is 10.2 Å². The highest BCUT2D eigenvalue weighted by atomic mass is 19.1. The second-order valence-electron chi connectivity index (χ2n) is 7.71. The standard InChI is InChI=1S/C23H26FN5O2/c1-2-16-3-7-18(8-4-16)25-22(31)20-15-21(30)27-23(26-20)29-13-11-28(12-14-29)19-9-5-17(24)6-10-19/h3-10,20H,2,11-15H2,1H3,(H,25,31)(H,26,27,30). The normalized spacial score (nSPS) is 19.0. The number of halogens is 1. The van der Waals surface area contributed by atoms with Gasteiger partial charge in [0.05, 0.1) is 6.42 Å². The fraction of sp³-hybridized carbons (Fsp3) is 0.348. The molecule has 2 aromatic rings. The van der Waals surface area contributed by atoms with Gasteiger partial charge in [0.25, 0.3) is 0 Å². The fourth-order valence-electron chi connectivity index (χ4n) is 3.77. The molecule has 2 heterocycles. The topological polar surface area (TPSA) is 77.0 Å². The molecule has 1 fully saturated rings. The largest absolute Gasteiger partial charge is 0.368 e. The summed E-state index contributed by atoms with van der Waals surface area (Å²) in [7, 11) is 0. The molecule has 7 nitrogen and oxygen atoms in total. The predicted molar refractivity (Wildman–Crippen MR) is 119 cm³/mol. The van der Waals surface area contributed by atoms with Crippen LogP contribution < -0.4 is 15.5 Å². The van der Waals surface area contributed by atoms with Gasteiger partial charge in [-0.15, -0.1) is 0 Å². The van der Waals surface area contributed by atoms with Crippen LogP contribution in [0.25, 0.3) is 0 Å². The van der Waals surface area contributed by atoms with Gasteiger partial charge in [-0.25, -0.2) is 9.38 Å². The van der Waals surface area contributed by atoms with E-state index in [4.69, 9.17) is 0 Å². The van der Waals surface area contributed by atoms with Crippen molar-refractivity contribution >= 4 is 29.1 Å². The zero-order valence-corrected chi connectivity index (χ0v) is 17.5. The molecule has 31 heavy (non-hydrogen) atoms. The summed E-state index contributed by atoms with van der Waals surface area (Å²) in [6.45, 7) is 4.78. The molecule has 0 aliphatic carbocycles. The minimum atomic E-state index is -0.760. The Morgan fingerprint density at radius 3 is 2.35 bits per heavy atom. The highest BCUT2D eigenvalue weighted by Crippen LogP contribution is 2.18. The number of hydrogen-bond acceptors (Lipinski definition) is 5. The first-order chi connectivity index (χ1) is 15.0. The zero-order chi connectivity index (χ0) is 21.8. The van der Waals surface area contributed by atoms with Gasteiger partial charge in [0.15, 0.2) is 0 Å². The number of carbonyl (C=O) groups excluding carboxylic acids is 2. The fourth-order valence-corrected chi connectivity index (χ4v) is 3.77. The van der Waals surface area contributed by atoms with Crippen molar-refractivity contribution in [3.8, 4) is 0 Å². The first kappa shape index (κ1) is 20.8. The summed E-state index contributed by atoms with van der Waals surface area (Å²) in [4.78, 5) is 33.6. The molecule has 1 unspecified atom stereocenters. The van der Waals surface area contributed by atoms with Crippen LogP contribution in [0.3, 0.4) is 0 Å². The Balaban J connectivity index is 1.39. The third-order valence-electron chi connectivity index (χ3n) is 5.61. The molecular formula is C23H26FN5O2. The highest BCUT2D eigenvalue weighted by Gasteiger charge is 2.30. The Morgan fingerprint density at radius 1 is 1.06 bits per heavy atom. The van der Waals surface area contributed by atoms with Crippen molar-refractivity contribution in [3.63, 3.8) is 0 Å². The number of guanidine groups is 1. The Kier molecular flexibility index (Phi) is 6.16. The number of aryl methyl sites for hydroxylation is 1. The molecule has 2 aromatic carbocycles. The Morgan fingerprint density at radius 2 is 1.71 bits per heavy atom. The van der Waals surface area contributed by atoms with Gasteiger partial charge in [-0.2, -0.15) is 0 Å². The molecule has 0 saturated carbocycles. The van der Waals surface area contributed by atoms with Crippen LogP contribution in [0.5, 0.6) is 0 Å². The molecule has 2 aliphatic rings. The van der Waals surface area contributed by atoms with Crippen molar-refractivity contribution in [2.24, 2.45) is 4.99 Å². The second-order valence-corrected chi connectivity index (χ2v) is 7.71. The summed E-state index contributed by atoms with van der Waals surface area (Å²) in [5.74, 6) is -0.322. The Bertz CT molecular complexity index is 966. The second kappa shape index (κ2) is 9.16. The molecule has 0 radical (unpaired) electrons. The van der Waals surface area contributed by atoms with Crippen LogP contribution in [0.15, 0.2) is 53.5 Å². The maximum absolute atomic E-state index is 13.2. The molecular weight excluding hydrogens is 397 g/mol. The number of amides is 2. The predicted octanol–water partition coefficient (Wildman–Crippen LogP) is 2.39. The quantitative estimate of drug-likeness (QED) is 0.792. The number of carbonyl (C=O) groups is 2. The first-order valence-corrected chi connectivity index (χ1v) is 10.5. The molecule has 2 N–H and O–H groups in total. The molecule has 1 saturated heterocycles. The number of hydrogen-bond donors (Lipinski definition) is 2. The number of anilines is 2. The van der Waals surface area contributed by atoms with Crippen LogP contribution in [0.1, 0.15) is 18.9 Å². The summed E-state index contributed by atoms with van der Waals surface area (Å²) in [5.41, 5.74) is 2.84. The molecule has 162 valence electrons. The number of piperazine rings is 1. The SMILES string of the molecule is CCc1ccc(NC(=O)C2CC(=O)NC(N3CCN(c4ccc(F)cc4)CC3)=N2)cc1. The third kappa shape index (κ3) is 5.02. The van der Waals surface area contributed by atoms with E-state index in [1.165, 1.54) is 17.7 Å². The number of nitrogens with one attached hydrogen (secondary N) is 2. The maximum Gasteiger partial charge on any atom is 0.249 e. The van der Waals surface area contributed by atoms with E-state index in [1.807, 2.05) is 29.2 Å². The average Bonchev–Trinajstić information content (AvgIpc) is 2.80. The lowest BCUT2D eigenvalue weighted by Crippen LogP contribution is -2.56. The lowest BCUT2D eigenvalue weighted by molar-refractivity contribution is -0.125. The van der Waals surface area contributed by atoms with E-state index in [0.717, 1.165) is 12.1 Å². The van der Waals surface area contributed by atoms with Gasteiger partial charge in [-0.05, 0) is 48.4 Å². The molecule has 2 amide bonds. The molecule has 4 rings (SSSR count). The van der Waals surface area contributed by atoms with Crippen LogP contribution >= 0.6 is 0 Å². The van der Waals surface area contributed by atoms with Crippen LogP contribution in [-0.2, 0) is 16.0 Å². The van der Waals surface area contributed by atoms with Gasteiger partial charge < -0.3 is 15.1 Å². The van der Waals surface area contributed by atoms with Gasteiger partial charge in [-0.3, -0.25) is 14.9 Å². The van der Waals surface area contributed by atoms with Crippen molar-refractivity contribution in [1.29, 1.82) is 0 Å². The van der Waals surface area contributed by atoms with E-state index in [2.05, 4.69) is 27.4 Å². The van der Waals surface area contributed by atoms with Gasteiger partial charge in [0.2, 0.25) is 17.8 Å². The number of aliphatic imine (C=N–C) groups is 1. The minimum Gasteiger partial charge on any atom is -0.368 e. The van der Waals surface area contributed by atoms with E-state index in [1.54, 1.807) is 12.1 Å².